The van der Waals surface area contributed by atoms with Crippen molar-refractivity contribution >= 4 is 27.5 Å². The smallest absolute Gasteiger partial charge is 0.367 e. The molecule has 0 aliphatic carbocycles. The summed E-state index contributed by atoms with van der Waals surface area (Å²) >= 11 is 1.08. The van der Waals surface area contributed by atoms with Crippen LogP contribution in [0.5, 0.6) is 0 Å². The van der Waals surface area contributed by atoms with Crippen LogP contribution in [-0.4, -0.2) is 23.0 Å². The van der Waals surface area contributed by atoms with E-state index in [-0.39, 0.29) is 5.01 Å². The molecule has 0 spiro atoms. The highest BCUT2D eigenvalue weighted by atomic mass is 32.1. The number of methoxy groups -OCH3 is 1. The monoisotopic (exact) mass is 212 g/mol. The predicted octanol–water partition coefficient (Wildman–Crippen LogP) is 1.62. The van der Waals surface area contributed by atoms with Gasteiger partial charge in [0.1, 0.15) is 5.52 Å². The van der Waals surface area contributed by atoms with Gasteiger partial charge >= 0.3 is 5.97 Å². The minimum absolute atomic E-state index is 0.204. The zero-order valence-corrected chi connectivity index (χ0v) is 7.97. The largest absolute Gasteiger partial charge is 0.464 e. The summed E-state index contributed by atoms with van der Waals surface area (Å²) in [6.07, 6.45) is 1.29. The van der Waals surface area contributed by atoms with Gasteiger partial charge in [0.05, 0.1) is 18.0 Å². The highest BCUT2D eigenvalue weighted by molar-refractivity contribution is 7.20. The summed E-state index contributed by atoms with van der Waals surface area (Å²) in [5.74, 6) is -1.11. The first kappa shape index (κ1) is 9.01. The maximum Gasteiger partial charge on any atom is 0.367 e. The summed E-state index contributed by atoms with van der Waals surface area (Å²) in [5.41, 5.74) is 0.497. The first-order valence-corrected chi connectivity index (χ1v) is 4.53. The fourth-order valence-electron chi connectivity index (χ4n) is 0.983. The van der Waals surface area contributed by atoms with Gasteiger partial charge in [-0.15, -0.1) is 11.3 Å². The fourth-order valence-corrected chi connectivity index (χ4v) is 1.86. The second-order valence-electron chi connectivity index (χ2n) is 2.49. The van der Waals surface area contributed by atoms with Gasteiger partial charge in [-0.25, -0.2) is 14.8 Å². The Morgan fingerprint density at radius 3 is 3.14 bits per heavy atom. The Balaban J connectivity index is 2.56. The van der Waals surface area contributed by atoms with Crippen LogP contribution >= 0.6 is 11.3 Å². The Bertz CT molecular complexity index is 497. The van der Waals surface area contributed by atoms with Crippen molar-refractivity contribution in [1.82, 2.24) is 9.97 Å². The first-order valence-electron chi connectivity index (χ1n) is 3.71. The van der Waals surface area contributed by atoms with Gasteiger partial charge in [0.15, 0.2) is 0 Å². The topological polar surface area (TPSA) is 52.1 Å². The molecule has 0 unspecified atom stereocenters. The number of aromatic nitrogens is 2. The number of halogens is 1. The predicted molar refractivity (Wildman–Crippen MR) is 48.7 cm³/mol. The molecule has 2 heterocycles. The quantitative estimate of drug-likeness (QED) is 0.532. The molecule has 0 aliphatic heterocycles. The lowest BCUT2D eigenvalue weighted by Gasteiger charge is -1.89. The molecule has 0 saturated heterocycles. The number of ether oxygens (including phenoxy) is 1. The van der Waals surface area contributed by atoms with E-state index in [9.17, 15) is 9.18 Å². The van der Waals surface area contributed by atoms with Crippen molar-refractivity contribution in [2.45, 2.75) is 0 Å². The third-order valence-electron chi connectivity index (χ3n) is 1.60. The molecule has 0 radical (unpaired) electrons. The Kier molecular flexibility index (Phi) is 2.12. The summed E-state index contributed by atoms with van der Waals surface area (Å²) in [6.45, 7) is 0. The van der Waals surface area contributed by atoms with E-state index in [0.717, 1.165) is 11.3 Å². The molecule has 0 amide bonds. The number of fused-ring (bicyclic) bond motifs is 1. The summed E-state index contributed by atoms with van der Waals surface area (Å²) in [7, 11) is 1.27. The molecule has 72 valence electrons. The molecule has 2 aromatic rings. The molecule has 0 atom stereocenters. The van der Waals surface area contributed by atoms with Gasteiger partial charge in [-0.2, -0.15) is 4.39 Å². The third kappa shape index (κ3) is 1.44. The van der Waals surface area contributed by atoms with E-state index in [1.54, 1.807) is 0 Å². The van der Waals surface area contributed by atoms with E-state index in [0.29, 0.717) is 10.2 Å². The maximum absolute atomic E-state index is 12.7. The molecule has 2 rings (SSSR count). The normalized spacial score (nSPS) is 10.4. The summed E-state index contributed by atoms with van der Waals surface area (Å²) in [6, 6.07) is 1.24. The standard InChI is InChI=1S/C8H5FN2O2S/c1-13-8(12)7-11-4-3-10-6(9)2-5(4)14-7/h2-3H,1H3. The third-order valence-corrected chi connectivity index (χ3v) is 2.60. The number of carbonyl (C=O) groups is 1. The van der Waals surface area contributed by atoms with Crippen molar-refractivity contribution in [2.24, 2.45) is 0 Å². The number of hydrogen-bond donors (Lipinski definition) is 0. The lowest BCUT2D eigenvalue weighted by Crippen LogP contribution is -1.99. The van der Waals surface area contributed by atoms with E-state index in [1.165, 1.54) is 19.4 Å². The van der Waals surface area contributed by atoms with Crippen LogP contribution in [-0.2, 0) is 4.74 Å². The number of hydrogen-bond acceptors (Lipinski definition) is 5. The van der Waals surface area contributed by atoms with Crippen molar-refractivity contribution in [2.75, 3.05) is 7.11 Å². The van der Waals surface area contributed by atoms with Crippen LogP contribution in [0.25, 0.3) is 10.2 Å². The number of nitrogens with zero attached hydrogens (tertiary/aromatic N) is 2. The zero-order valence-electron chi connectivity index (χ0n) is 7.15. The second kappa shape index (κ2) is 3.30. The van der Waals surface area contributed by atoms with Crippen LogP contribution < -0.4 is 0 Å². The van der Waals surface area contributed by atoms with Gasteiger partial charge in [-0.1, -0.05) is 0 Å². The summed E-state index contributed by atoms with van der Waals surface area (Å²) < 4.78 is 17.8. The van der Waals surface area contributed by atoms with Gasteiger partial charge < -0.3 is 4.74 Å². The van der Waals surface area contributed by atoms with Gasteiger partial charge in [0.25, 0.3) is 0 Å². The Labute approximate surface area is 82.4 Å². The van der Waals surface area contributed by atoms with Crippen LogP contribution in [0.2, 0.25) is 0 Å². The van der Waals surface area contributed by atoms with Crippen LogP contribution in [0.1, 0.15) is 9.80 Å². The molecule has 0 aromatic carbocycles. The summed E-state index contributed by atoms with van der Waals surface area (Å²) in [4.78, 5) is 18.5. The number of pyridine rings is 1. The van der Waals surface area contributed by atoms with Crippen molar-refractivity contribution < 1.29 is 13.9 Å². The fraction of sp³-hybridized carbons (Fsp3) is 0.125. The summed E-state index contributed by atoms with van der Waals surface area (Å²) in [5, 5.41) is 0.204. The SMILES string of the molecule is COC(=O)c1nc2cnc(F)cc2s1. The van der Waals surface area contributed by atoms with Crippen molar-refractivity contribution in [1.29, 1.82) is 0 Å². The van der Waals surface area contributed by atoms with Crippen LogP contribution in [0, 0.1) is 5.95 Å². The molecule has 0 bridgehead atoms. The molecule has 14 heavy (non-hydrogen) atoms. The lowest BCUT2D eigenvalue weighted by atomic mass is 10.4. The Hall–Kier alpha value is -1.56. The van der Waals surface area contributed by atoms with Gasteiger partial charge in [-0.05, 0) is 0 Å². The first-order chi connectivity index (χ1) is 6.70. The number of thiazole rings is 1. The minimum Gasteiger partial charge on any atom is -0.464 e. The van der Waals surface area contributed by atoms with Crippen molar-refractivity contribution in [3.63, 3.8) is 0 Å². The highest BCUT2D eigenvalue weighted by Gasteiger charge is 2.12. The lowest BCUT2D eigenvalue weighted by molar-refractivity contribution is 0.0600. The Morgan fingerprint density at radius 2 is 2.43 bits per heavy atom. The molecule has 0 aliphatic rings. The molecule has 2 aromatic heterocycles. The minimum atomic E-state index is -0.586. The number of rotatable bonds is 1. The van der Waals surface area contributed by atoms with Crippen molar-refractivity contribution in [3.05, 3.63) is 23.2 Å². The molecular weight excluding hydrogens is 207 g/mol. The second-order valence-corrected chi connectivity index (χ2v) is 3.52. The molecule has 0 fully saturated rings. The van der Waals surface area contributed by atoms with Crippen LogP contribution in [0.4, 0.5) is 4.39 Å². The molecule has 6 heteroatoms. The molecule has 0 saturated carbocycles. The molecule has 4 nitrogen and oxygen atoms in total. The Morgan fingerprint density at radius 1 is 1.64 bits per heavy atom. The van der Waals surface area contributed by atoms with Crippen LogP contribution in [0.3, 0.4) is 0 Å². The van der Waals surface area contributed by atoms with E-state index in [2.05, 4.69) is 14.7 Å². The average Bonchev–Trinajstić information content (AvgIpc) is 2.59. The number of carbonyl (C=O) groups excluding carboxylic acids is 1. The van der Waals surface area contributed by atoms with E-state index in [1.807, 2.05) is 0 Å². The van der Waals surface area contributed by atoms with E-state index in [4.69, 9.17) is 0 Å². The van der Waals surface area contributed by atoms with Gasteiger partial charge in [-0.3, -0.25) is 0 Å². The van der Waals surface area contributed by atoms with E-state index >= 15 is 0 Å². The van der Waals surface area contributed by atoms with E-state index < -0.39 is 11.9 Å². The van der Waals surface area contributed by atoms with Gasteiger partial charge in [0, 0.05) is 6.07 Å². The van der Waals surface area contributed by atoms with Gasteiger partial charge in [0.2, 0.25) is 11.0 Å². The zero-order chi connectivity index (χ0) is 10.1. The average molecular weight is 212 g/mol. The highest BCUT2D eigenvalue weighted by Crippen LogP contribution is 2.21. The van der Waals surface area contributed by atoms with Crippen molar-refractivity contribution in [3.8, 4) is 0 Å². The number of esters is 1. The molecular formula is C8H5FN2O2S. The maximum atomic E-state index is 12.7. The van der Waals surface area contributed by atoms with Crippen LogP contribution in [0.15, 0.2) is 12.3 Å². The molecule has 0 N–H and O–H groups in total.